The molecule has 1 aliphatic carbocycles. The monoisotopic (exact) mass is 326 g/mol. The van der Waals surface area contributed by atoms with Crippen LogP contribution in [-0.4, -0.2) is 5.78 Å². The third-order valence-corrected chi connectivity index (χ3v) is 4.84. The Labute approximate surface area is 141 Å². The Hall–Kier alpha value is -2.05. The van der Waals surface area contributed by atoms with Crippen molar-refractivity contribution in [3.8, 4) is 6.07 Å². The lowest BCUT2D eigenvalue weighted by Crippen LogP contribution is -2.41. The average molecular weight is 327 g/mol. The standard InChI is InChI=1S/C19H19ClN2O/c1-11-14(10-21)17(12-4-6-13(20)7-5-12)18-15(22-11)8-19(2,3)9-16(18)23/h4-8,17-18,22H,9H2,1-3H3. The van der Waals surface area contributed by atoms with E-state index in [2.05, 4.69) is 31.3 Å². The summed E-state index contributed by atoms with van der Waals surface area (Å²) >= 11 is 5.99. The summed E-state index contributed by atoms with van der Waals surface area (Å²) in [5.41, 5.74) is 3.16. The molecule has 2 atom stereocenters. The molecule has 3 rings (SSSR count). The highest BCUT2D eigenvalue weighted by Gasteiger charge is 2.44. The number of benzene rings is 1. The van der Waals surface area contributed by atoms with Gasteiger partial charge in [-0.15, -0.1) is 0 Å². The van der Waals surface area contributed by atoms with Crippen molar-refractivity contribution in [1.82, 2.24) is 5.32 Å². The molecule has 0 saturated carbocycles. The lowest BCUT2D eigenvalue weighted by Gasteiger charge is -2.40. The Balaban J connectivity index is 2.18. The number of carbonyl (C=O) groups is 1. The van der Waals surface area contributed by atoms with E-state index in [1.807, 2.05) is 31.2 Å². The molecule has 0 bridgehead atoms. The van der Waals surface area contributed by atoms with Gasteiger partial charge in [0.1, 0.15) is 5.78 Å². The molecule has 0 spiro atoms. The van der Waals surface area contributed by atoms with Crippen LogP contribution in [0.5, 0.6) is 0 Å². The minimum absolute atomic E-state index is 0.162. The maximum atomic E-state index is 12.8. The van der Waals surface area contributed by atoms with Gasteiger partial charge >= 0.3 is 0 Å². The molecule has 1 aromatic carbocycles. The van der Waals surface area contributed by atoms with Crippen LogP contribution in [0.15, 0.2) is 47.3 Å². The van der Waals surface area contributed by atoms with Crippen molar-refractivity contribution in [3.05, 3.63) is 57.9 Å². The molecule has 0 fully saturated rings. The van der Waals surface area contributed by atoms with E-state index >= 15 is 0 Å². The van der Waals surface area contributed by atoms with Gasteiger partial charge in [0.2, 0.25) is 0 Å². The van der Waals surface area contributed by atoms with Crippen LogP contribution < -0.4 is 5.32 Å². The lowest BCUT2D eigenvalue weighted by molar-refractivity contribution is -0.124. The number of fused-ring (bicyclic) bond motifs is 1. The van der Waals surface area contributed by atoms with E-state index in [9.17, 15) is 10.1 Å². The Morgan fingerprint density at radius 2 is 1.91 bits per heavy atom. The third-order valence-electron chi connectivity index (χ3n) is 4.59. The molecule has 0 saturated heterocycles. The first-order valence-corrected chi connectivity index (χ1v) is 8.09. The third kappa shape index (κ3) is 2.80. The zero-order valence-corrected chi connectivity index (χ0v) is 14.2. The summed E-state index contributed by atoms with van der Waals surface area (Å²) in [6, 6.07) is 9.74. The highest BCUT2D eigenvalue weighted by Crippen LogP contribution is 2.46. The quantitative estimate of drug-likeness (QED) is 0.836. The van der Waals surface area contributed by atoms with Gasteiger partial charge in [0.25, 0.3) is 0 Å². The van der Waals surface area contributed by atoms with Crippen molar-refractivity contribution in [3.63, 3.8) is 0 Å². The van der Waals surface area contributed by atoms with Gasteiger partial charge in [-0.2, -0.15) is 5.26 Å². The van der Waals surface area contributed by atoms with Crippen molar-refractivity contribution in [1.29, 1.82) is 5.26 Å². The van der Waals surface area contributed by atoms with E-state index in [-0.39, 0.29) is 23.0 Å². The molecule has 2 aliphatic rings. The van der Waals surface area contributed by atoms with E-state index in [0.29, 0.717) is 17.0 Å². The molecule has 0 amide bonds. The largest absolute Gasteiger partial charge is 0.361 e. The average Bonchev–Trinajstić information content (AvgIpc) is 2.45. The smallest absolute Gasteiger partial charge is 0.143 e. The van der Waals surface area contributed by atoms with Crippen LogP contribution in [-0.2, 0) is 4.79 Å². The molecule has 4 heteroatoms. The van der Waals surface area contributed by atoms with E-state index in [4.69, 9.17) is 11.6 Å². The van der Waals surface area contributed by atoms with E-state index in [1.54, 1.807) is 0 Å². The van der Waals surface area contributed by atoms with Gasteiger partial charge in [0, 0.05) is 28.8 Å². The number of hydrogen-bond acceptors (Lipinski definition) is 3. The fourth-order valence-electron chi connectivity index (χ4n) is 3.64. The number of hydrogen-bond donors (Lipinski definition) is 1. The fraction of sp³-hybridized carbons (Fsp3) is 0.368. The Kier molecular flexibility index (Phi) is 3.82. The molecule has 1 N–H and O–H groups in total. The van der Waals surface area contributed by atoms with Crippen molar-refractivity contribution in [2.24, 2.45) is 11.3 Å². The molecular formula is C19H19ClN2O. The lowest BCUT2D eigenvalue weighted by atomic mass is 9.66. The van der Waals surface area contributed by atoms with Crippen LogP contribution in [0.25, 0.3) is 0 Å². The maximum absolute atomic E-state index is 12.8. The molecule has 0 radical (unpaired) electrons. The predicted octanol–water partition coefficient (Wildman–Crippen LogP) is 4.32. The summed E-state index contributed by atoms with van der Waals surface area (Å²) in [5, 5.41) is 13.6. The van der Waals surface area contributed by atoms with Crippen molar-refractivity contribution in [2.45, 2.75) is 33.1 Å². The summed E-state index contributed by atoms with van der Waals surface area (Å²) in [7, 11) is 0. The van der Waals surface area contributed by atoms with Gasteiger partial charge in [-0.05, 0) is 30.0 Å². The van der Waals surface area contributed by atoms with Crippen LogP contribution in [0.2, 0.25) is 5.02 Å². The van der Waals surface area contributed by atoms with Crippen LogP contribution in [0.3, 0.4) is 0 Å². The van der Waals surface area contributed by atoms with Gasteiger partial charge < -0.3 is 5.32 Å². The number of ketones is 1. The first kappa shape index (κ1) is 15.8. The molecular weight excluding hydrogens is 308 g/mol. The second-order valence-corrected chi connectivity index (χ2v) is 7.45. The summed E-state index contributed by atoms with van der Waals surface area (Å²) < 4.78 is 0. The normalized spacial score (nSPS) is 26.0. The molecule has 2 unspecified atom stereocenters. The Bertz CT molecular complexity index is 766. The van der Waals surface area contributed by atoms with Crippen molar-refractivity contribution >= 4 is 17.4 Å². The van der Waals surface area contributed by atoms with Gasteiger partial charge in [0.05, 0.1) is 17.6 Å². The number of halogens is 1. The number of nitrogens with zero attached hydrogens (tertiary/aromatic N) is 1. The number of nitriles is 1. The van der Waals surface area contributed by atoms with Crippen LogP contribution in [0.1, 0.15) is 38.7 Å². The maximum Gasteiger partial charge on any atom is 0.143 e. The highest BCUT2D eigenvalue weighted by molar-refractivity contribution is 6.30. The van der Waals surface area contributed by atoms with Crippen LogP contribution >= 0.6 is 11.6 Å². The van der Waals surface area contributed by atoms with Crippen LogP contribution in [0.4, 0.5) is 0 Å². The zero-order valence-electron chi connectivity index (χ0n) is 13.5. The molecule has 23 heavy (non-hydrogen) atoms. The van der Waals surface area contributed by atoms with Gasteiger partial charge in [0.15, 0.2) is 0 Å². The number of rotatable bonds is 1. The van der Waals surface area contributed by atoms with Gasteiger partial charge in [-0.3, -0.25) is 4.79 Å². The fourth-order valence-corrected chi connectivity index (χ4v) is 3.77. The summed E-state index contributed by atoms with van der Waals surface area (Å²) in [4.78, 5) is 12.8. The molecule has 118 valence electrons. The second-order valence-electron chi connectivity index (χ2n) is 7.01. The number of nitrogens with one attached hydrogen (secondary N) is 1. The molecule has 1 aliphatic heterocycles. The number of Topliss-reactive ketones (excluding diaryl/α,β-unsaturated/α-hetero) is 1. The van der Waals surface area contributed by atoms with Crippen molar-refractivity contribution < 1.29 is 4.79 Å². The molecule has 1 heterocycles. The minimum atomic E-state index is -0.317. The number of allylic oxidation sites excluding steroid dienone is 4. The van der Waals surface area contributed by atoms with Crippen LogP contribution in [0, 0.1) is 22.7 Å². The Morgan fingerprint density at radius 1 is 1.26 bits per heavy atom. The summed E-state index contributed by atoms with van der Waals surface area (Å²) in [6.45, 7) is 6.02. The van der Waals surface area contributed by atoms with E-state index in [1.165, 1.54) is 0 Å². The highest BCUT2D eigenvalue weighted by atomic mass is 35.5. The Morgan fingerprint density at radius 3 is 2.52 bits per heavy atom. The minimum Gasteiger partial charge on any atom is -0.361 e. The summed E-state index contributed by atoms with van der Waals surface area (Å²) in [6.07, 6.45) is 2.63. The zero-order chi connectivity index (χ0) is 16.8. The summed E-state index contributed by atoms with van der Waals surface area (Å²) in [5.74, 6) is -0.379. The van der Waals surface area contributed by atoms with Crippen molar-refractivity contribution in [2.75, 3.05) is 0 Å². The van der Waals surface area contributed by atoms with E-state index < -0.39 is 0 Å². The molecule has 1 aromatic rings. The first-order valence-electron chi connectivity index (χ1n) is 7.71. The van der Waals surface area contributed by atoms with Gasteiger partial charge in [-0.25, -0.2) is 0 Å². The second kappa shape index (κ2) is 5.54. The van der Waals surface area contributed by atoms with Gasteiger partial charge in [-0.1, -0.05) is 43.7 Å². The number of carbonyl (C=O) groups excluding carboxylic acids is 1. The SMILES string of the molecule is CC1=C(C#N)C(c2ccc(Cl)cc2)C2C(=O)CC(C)(C)C=C2N1. The van der Waals surface area contributed by atoms with E-state index in [0.717, 1.165) is 17.0 Å². The molecule has 0 aromatic heterocycles. The predicted molar refractivity (Wildman–Crippen MR) is 90.6 cm³/mol. The topological polar surface area (TPSA) is 52.9 Å². The first-order chi connectivity index (χ1) is 10.8. The molecule has 3 nitrogen and oxygen atoms in total.